The van der Waals surface area contributed by atoms with E-state index in [1.165, 1.54) is 0 Å². The van der Waals surface area contributed by atoms with Gasteiger partial charge in [-0.2, -0.15) is 0 Å². The molecular formula is C27H28ClN3O3. The maximum Gasteiger partial charge on any atom is 0.253 e. The summed E-state index contributed by atoms with van der Waals surface area (Å²) in [5.41, 5.74) is 3.41. The summed E-state index contributed by atoms with van der Waals surface area (Å²) in [6, 6.07) is 24.1. The van der Waals surface area contributed by atoms with E-state index in [9.17, 15) is 9.59 Å². The summed E-state index contributed by atoms with van der Waals surface area (Å²) in [5.74, 6) is -0.462. The molecule has 1 heterocycles. The molecule has 4 rings (SSSR count). The van der Waals surface area contributed by atoms with Crippen LogP contribution in [-0.4, -0.2) is 38.1 Å². The highest BCUT2D eigenvalue weighted by atomic mass is 35.5. The molecule has 0 radical (unpaired) electrons. The van der Waals surface area contributed by atoms with Crippen LogP contribution in [0.15, 0.2) is 78.9 Å². The molecule has 176 valence electrons. The van der Waals surface area contributed by atoms with E-state index in [2.05, 4.69) is 27.7 Å². The van der Waals surface area contributed by atoms with E-state index in [0.29, 0.717) is 17.1 Å². The third-order valence-electron chi connectivity index (χ3n) is 5.82. The second-order valence-corrected chi connectivity index (χ2v) is 8.57. The van der Waals surface area contributed by atoms with Crippen molar-refractivity contribution < 1.29 is 14.3 Å². The lowest BCUT2D eigenvalue weighted by Crippen LogP contribution is -2.36. The van der Waals surface area contributed by atoms with E-state index in [1.807, 2.05) is 42.5 Å². The molecule has 0 aromatic heterocycles. The number of nitrogens with one attached hydrogen (secondary N) is 2. The Balaban J connectivity index is 1.37. The van der Waals surface area contributed by atoms with Gasteiger partial charge in [0.05, 0.1) is 36.3 Å². The molecule has 3 aromatic rings. The molecule has 1 aliphatic rings. The van der Waals surface area contributed by atoms with Crippen molar-refractivity contribution in [2.45, 2.75) is 19.0 Å². The molecule has 7 heteroatoms. The van der Waals surface area contributed by atoms with Crippen molar-refractivity contribution in [3.05, 3.63) is 101 Å². The minimum Gasteiger partial charge on any atom is -0.378 e. The van der Waals surface area contributed by atoms with Crippen LogP contribution in [0.5, 0.6) is 0 Å². The normalized spacial score (nSPS) is 14.3. The van der Waals surface area contributed by atoms with Gasteiger partial charge in [-0.1, -0.05) is 66.2 Å². The van der Waals surface area contributed by atoms with Crippen LogP contribution in [0.1, 0.15) is 33.9 Å². The maximum absolute atomic E-state index is 12.8. The number of nitrogens with zero attached hydrogens (tertiary/aromatic N) is 1. The lowest BCUT2D eigenvalue weighted by molar-refractivity contribution is -0.121. The third kappa shape index (κ3) is 6.37. The lowest BCUT2D eigenvalue weighted by Gasteiger charge is -2.28. The minimum atomic E-state index is -0.478. The highest BCUT2D eigenvalue weighted by molar-refractivity contribution is 6.33. The fourth-order valence-electron chi connectivity index (χ4n) is 3.92. The highest BCUT2D eigenvalue weighted by Crippen LogP contribution is 2.21. The number of anilines is 1. The number of carbonyl (C=O) groups is 2. The summed E-state index contributed by atoms with van der Waals surface area (Å²) < 4.78 is 5.41. The number of hydrogen-bond acceptors (Lipinski definition) is 4. The van der Waals surface area contributed by atoms with Crippen molar-refractivity contribution in [3.63, 3.8) is 0 Å². The Morgan fingerprint density at radius 3 is 2.29 bits per heavy atom. The predicted molar refractivity (Wildman–Crippen MR) is 134 cm³/mol. The zero-order valence-electron chi connectivity index (χ0n) is 18.9. The number of ether oxygens (including phenoxy) is 1. The number of halogens is 1. The highest BCUT2D eigenvalue weighted by Gasteiger charge is 2.20. The molecule has 2 amide bonds. The molecule has 0 saturated carbocycles. The van der Waals surface area contributed by atoms with Crippen LogP contribution in [0, 0.1) is 0 Å². The molecule has 0 bridgehead atoms. The lowest BCUT2D eigenvalue weighted by atomic mass is 10.0. The first-order chi connectivity index (χ1) is 16.6. The Hall–Kier alpha value is -3.35. The van der Waals surface area contributed by atoms with Crippen LogP contribution in [0.2, 0.25) is 5.02 Å². The first kappa shape index (κ1) is 23.8. The van der Waals surface area contributed by atoms with Crippen LogP contribution in [-0.2, 0) is 16.1 Å². The summed E-state index contributed by atoms with van der Waals surface area (Å²) in [6.45, 7) is 3.68. The van der Waals surface area contributed by atoms with Gasteiger partial charge in [0, 0.05) is 25.3 Å². The fraction of sp³-hybridized carbons (Fsp3) is 0.259. The van der Waals surface area contributed by atoms with Crippen LogP contribution in [0.3, 0.4) is 0 Å². The Morgan fingerprint density at radius 1 is 0.912 bits per heavy atom. The van der Waals surface area contributed by atoms with E-state index in [-0.39, 0.29) is 18.2 Å². The van der Waals surface area contributed by atoms with Gasteiger partial charge in [0.1, 0.15) is 0 Å². The molecule has 1 fully saturated rings. The molecule has 34 heavy (non-hydrogen) atoms. The monoisotopic (exact) mass is 477 g/mol. The second kappa shape index (κ2) is 11.7. The van der Waals surface area contributed by atoms with E-state index >= 15 is 0 Å². The van der Waals surface area contributed by atoms with E-state index in [4.69, 9.17) is 16.3 Å². The van der Waals surface area contributed by atoms with Crippen molar-refractivity contribution in [1.29, 1.82) is 0 Å². The number of benzene rings is 3. The molecule has 1 unspecified atom stereocenters. The molecule has 1 aliphatic heterocycles. The van der Waals surface area contributed by atoms with Gasteiger partial charge in [0.25, 0.3) is 5.91 Å². The van der Waals surface area contributed by atoms with Gasteiger partial charge in [-0.3, -0.25) is 9.59 Å². The van der Waals surface area contributed by atoms with Crippen molar-refractivity contribution in [3.8, 4) is 0 Å². The first-order valence-corrected chi connectivity index (χ1v) is 11.8. The molecule has 0 aliphatic carbocycles. The average Bonchev–Trinajstić information content (AvgIpc) is 2.88. The number of hydrogen-bond donors (Lipinski definition) is 2. The largest absolute Gasteiger partial charge is 0.378 e. The molecule has 1 saturated heterocycles. The number of rotatable bonds is 8. The molecule has 0 spiro atoms. The SMILES string of the molecule is O=C(CC(NC(=O)c1ccccc1Cl)c1ccccc1)NCc1ccc(N2CCOCC2)cc1. The van der Waals surface area contributed by atoms with Gasteiger partial charge < -0.3 is 20.3 Å². The van der Waals surface area contributed by atoms with Crippen LogP contribution in [0.25, 0.3) is 0 Å². The molecule has 2 N–H and O–H groups in total. The predicted octanol–water partition coefficient (Wildman–Crippen LogP) is 4.35. The molecular weight excluding hydrogens is 450 g/mol. The quantitative estimate of drug-likeness (QED) is 0.506. The number of morpholine rings is 1. The standard InChI is InChI=1S/C27H28ClN3O3/c28-24-9-5-4-8-23(24)27(33)30-25(21-6-2-1-3-7-21)18-26(32)29-19-20-10-12-22(13-11-20)31-14-16-34-17-15-31/h1-13,25H,14-19H2,(H,29,32)(H,30,33). The zero-order valence-corrected chi connectivity index (χ0v) is 19.6. The van der Waals surface area contributed by atoms with Crippen LogP contribution < -0.4 is 15.5 Å². The van der Waals surface area contributed by atoms with E-state index in [0.717, 1.165) is 43.1 Å². The zero-order chi connectivity index (χ0) is 23.8. The number of amides is 2. The second-order valence-electron chi connectivity index (χ2n) is 8.16. The molecule has 1 atom stereocenters. The minimum absolute atomic E-state index is 0.117. The smallest absolute Gasteiger partial charge is 0.253 e. The van der Waals surface area contributed by atoms with Gasteiger partial charge in [-0.25, -0.2) is 0 Å². The van der Waals surface area contributed by atoms with E-state index in [1.54, 1.807) is 24.3 Å². The van der Waals surface area contributed by atoms with E-state index < -0.39 is 6.04 Å². The van der Waals surface area contributed by atoms with Crippen molar-refractivity contribution >= 4 is 29.1 Å². The van der Waals surface area contributed by atoms with Gasteiger partial charge >= 0.3 is 0 Å². The summed E-state index contributed by atoms with van der Waals surface area (Å²) in [7, 11) is 0. The van der Waals surface area contributed by atoms with Gasteiger partial charge in [-0.15, -0.1) is 0 Å². The van der Waals surface area contributed by atoms with Crippen molar-refractivity contribution in [2.75, 3.05) is 31.2 Å². The van der Waals surface area contributed by atoms with Gasteiger partial charge in [-0.05, 0) is 35.4 Å². The Kier molecular flexibility index (Phi) is 8.17. The van der Waals surface area contributed by atoms with Crippen molar-refractivity contribution in [2.24, 2.45) is 0 Å². The van der Waals surface area contributed by atoms with Gasteiger partial charge in [0.15, 0.2) is 0 Å². The molecule has 3 aromatic carbocycles. The Bertz CT molecular complexity index is 1100. The van der Waals surface area contributed by atoms with Gasteiger partial charge in [0.2, 0.25) is 5.91 Å². The van der Waals surface area contributed by atoms with Crippen LogP contribution >= 0.6 is 11.6 Å². The summed E-state index contributed by atoms with van der Waals surface area (Å²) in [4.78, 5) is 27.9. The third-order valence-corrected chi connectivity index (χ3v) is 6.15. The summed E-state index contributed by atoms with van der Waals surface area (Å²) >= 11 is 6.18. The van der Waals surface area contributed by atoms with Crippen molar-refractivity contribution in [1.82, 2.24) is 10.6 Å². The summed E-state index contributed by atoms with van der Waals surface area (Å²) in [5, 5.41) is 6.31. The first-order valence-electron chi connectivity index (χ1n) is 11.4. The Morgan fingerprint density at radius 2 is 1.59 bits per heavy atom. The maximum atomic E-state index is 12.8. The average molecular weight is 478 g/mol. The van der Waals surface area contributed by atoms with Crippen LogP contribution in [0.4, 0.5) is 5.69 Å². The molecule has 6 nitrogen and oxygen atoms in total. The Labute approximate surface area is 204 Å². The summed E-state index contributed by atoms with van der Waals surface area (Å²) in [6.07, 6.45) is 0.117. The number of carbonyl (C=O) groups excluding carboxylic acids is 2. The topological polar surface area (TPSA) is 70.7 Å². The fourth-order valence-corrected chi connectivity index (χ4v) is 4.14.